The summed E-state index contributed by atoms with van der Waals surface area (Å²) in [6, 6.07) is 7.24. The maximum atomic E-state index is 12.8. The predicted molar refractivity (Wildman–Crippen MR) is 98.2 cm³/mol. The van der Waals surface area contributed by atoms with E-state index in [2.05, 4.69) is 20.6 Å². The van der Waals surface area contributed by atoms with Crippen molar-refractivity contribution in [3.05, 3.63) is 60.2 Å². The van der Waals surface area contributed by atoms with Crippen molar-refractivity contribution in [3.63, 3.8) is 0 Å². The van der Waals surface area contributed by atoms with Crippen LogP contribution < -0.4 is 16.4 Å². The lowest BCUT2D eigenvalue weighted by Gasteiger charge is -2.41. The van der Waals surface area contributed by atoms with Gasteiger partial charge in [-0.15, -0.1) is 4.67 Å². The van der Waals surface area contributed by atoms with E-state index < -0.39 is 14.3 Å². The van der Waals surface area contributed by atoms with Gasteiger partial charge in [-0.3, -0.25) is 20.1 Å². The highest BCUT2D eigenvalue weighted by Gasteiger charge is 2.50. The summed E-state index contributed by atoms with van der Waals surface area (Å²) >= 11 is 0. The summed E-state index contributed by atoms with van der Waals surface area (Å²) in [7, 11) is -0.847. The van der Waals surface area contributed by atoms with Gasteiger partial charge in [0.2, 0.25) is 0 Å². The fraction of sp³-hybridized carbons (Fsp3) is 0.353. The molecule has 136 valence electrons. The van der Waals surface area contributed by atoms with Gasteiger partial charge in [0.15, 0.2) is 5.66 Å². The number of piperidine rings is 1. The third kappa shape index (κ3) is 4.11. The molecule has 0 aromatic carbocycles. The van der Waals surface area contributed by atoms with Gasteiger partial charge >= 0.3 is 8.61 Å². The molecule has 2 unspecified atom stereocenters. The van der Waals surface area contributed by atoms with Crippen LogP contribution >= 0.6 is 8.61 Å². The number of rotatable bonds is 7. The van der Waals surface area contributed by atoms with Crippen molar-refractivity contribution < 1.29 is 9.36 Å². The Bertz CT molecular complexity index is 747. The van der Waals surface area contributed by atoms with Crippen LogP contribution in [0.4, 0.5) is 0 Å². The second-order valence-electron chi connectivity index (χ2n) is 6.22. The first-order valence-electron chi connectivity index (χ1n) is 8.38. The van der Waals surface area contributed by atoms with E-state index >= 15 is 0 Å². The van der Waals surface area contributed by atoms with Crippen LogP contribution in [0.5, 0.6) is 0 Å². The average molecular weight is 373 g/mol. The third-order valence-electron chi connectivity index (χ3n) is 4.48. The molecule has 1 amide bonds. The Morgan fingerprint density at radius 2 is 1.85 bits per heavy atom. The molecule has 1 fully saturated rings. The zero-order valence-electron chi connectivity index (χ0n) is 14.3. The van der Waals surface area contributed by atoms with Crippen molar-refractivity contribution in [2.24, 2.45) is 5.73 Å². The quantitative estimate of drug-likeness (QED) is 0.480. The first kappa shape index (κ1) is 18.5. The van der Waals surface area contributed by atoms with Crippen LogP contribution in [0.2, 0.25) is 0 Å². The van der Waals surface area contributed by atoms with Crippen molar-refractivity contribution in [1.82, 2.24) is 25.3 Å². The molecule has 0 saturated carbocycles. The molecule has 1 aliphatic rings. The number of nitrogens with two attached hydrogens (primary N) is 1. The normalized spacial score (nSPS) is 23.3. The van der Waals surface area contributed by atoms with E-state index in [1.54, 1.807) is 24.8 Å². The number of nitrogens with zero attached hydrogens (tertiary/aromatic N) is 3. The van der Waals surface area contributed by atoms with E-state index in [1.807, 2.05) is 24.3 Å². The summed E-state index contributed by atoms with van der Waals surface area (Å²) in [6.07, 6.45) is 7.48. The molecule has 3 atom stereocenters. The first-order valence-corrected chi connectivity index (χ1v) is 9.24. The van der Waals surface area contributed by atoms with Gasteiger partial charge in [0.25, 0.3) is 5.91 Å². The predicted octanol–water partition coefficient (Wildman–Crippen LogP) is 0.551. The number of carbonyl (C=O) groups excluding carboxylic acids is 1. The van der Waals surface area contributed by atoms with Gasteiger partial charge in [0.1, 0.15) is 0 Å². The van der Waals surface area contributed by atoms with Crippen molar-refractivity contribution in [1.29, 1.82) is 0 Å². The van der Waals surface area contributed by atoms with Crippen LogP contribution in [-0.4, -0.2) is 38.8 Å². The molecule has 3 heterocycles. The van der Waals surface area contributed by atoms with Crippen molar-refractivity contribution in [2.45, 2.75) is 31.2 Å². The topological polar surface area (TPSA) is 113 Å². The second-order valence-corrected chi connectivity index (χ2v) is 6.94. The van der Waals surface area contributed by atoms with Gasteiger partial charge in [-0.2, -0.15) is 0 Å². The fourth-order valence-corrected chi connectivity index (χ4v) is 3.49. The molecule has 0 aliphatic carbocycles. The van der Waals surface area contributed by atoms with Crippen molar-refractivity contribution >= 4 is 14.5 Å². The molecule has 1 aliphatic heterocycles. The minimum absolute atomic E-state index is 0.306. The van der Waals surface area contributed by atoms with E-state index in [0.29, 0.717) is 26.1 Å². The van der Waals surface area contributed by atoms with E-state index in [9.17, 15) is 9.36 Å². The van der Waals surface area contributed by atoms with Gasteiger partial charge in [0.05, 0.1) is 6.54 Å². The molecular weight excluding hydrogens is 351 g/mol. The monoisotopic (exact) mass is 373 g/mol. The Morgan fingerprint density at radius 3 is 2.42 bits per heavy atom. The number of pyridine rings is 2. The first-order chi connectivity index (χ1) is 12.6. The molecule has 1 saturated heterocycles. The van der Waals surface area contributed by atoms with Crippen LogP contribution in [0.15, 0.2) is 49.1 Å². The lowest BCUT2D eigenvalue weighted by Crippen LogP contribution is -2.75. The van der Waals surface area contributed by atoms with Crippen molar-refractivity contribution in [2.75, 3.05) is 6.54 Å². The van der Waals surface area contributed by atoms with Crippen LogP contribution in [0.25, 0.3) is 0 Å². The average Bonchev–Trinajstić information content (AvgIpc) is 2.69. The summed E-state index contributed by atoms with van der Waals surface area (Å²) in [5.41, 5.74) is 7.05. The summed E-state index contributed by atoms with van der Waals surface area (Å²) < 4.78 is 12.6. The summed E-state index contributed by atoms with van der Waals surface area (Å²) in [5, 5.41) is 6.50. The maximum absolute atomic E-state index is 12.8. The smallest absolute Gasteiger partial charge is 0.306 e. The van der Waals surface area contributed by atoms with E-state index in [4.69, 9.17) is 5.73 Å². The lowest BCUT2D eigenvalue weighted by molar-refractivity contribution is -0.137. The van der Waals surface area contributed by atoms with E-state index in [1.165, 1.54) is 4.67 Å². The fourth-order valence-electron chi connectivity index (χ4n) is 3.00. The number of hydrogen-bond acceptors (Lipinski definition) is 7. The molecule has 8 nitrogen and oxygen atoms in total. The molecule has 0 radical (unpaired) electrons. The number of aromatic nitrogens is 2. The number of hydrogen-bond donors (Lipinski definition) is 3. The number of carbonyl (C=O) groups is 1. The molecule has 0 bridgehead atoms. The second kappa shape index (κ2) is 8.42. The Kier molecular flexibility index (Phi) is 6.00. The molecule has 3 rings (SSSR count). The minimum Gasteiger partial charge on any atom is -0.306 e. The standard InChI is InChI=1S/C17H21N6O2P/c18-17(22-12-14-4-2-7-20-10-14)15(5-8-23(26-25)16(17)24)21-11-13-3-1-6-19-9-13/h1-4,6-7,9-10,15,21-22H,5,8,11-12,18H2/p+1/t15?,17-/m0/s1. The molecule has 9 heteroatoms. The Labute approximate surface area is 153 Å². The van der Waals surface area contributed by atoms with Gasteiger partial charge in [-0.1, -0.05) is 12.1 Å². The highest BCUT2D eigenvalue weighted by Crippen LogP contribution is 2.24. The summed E-state index contributed by atoms with van der Waals surface area (Å²) in [5.74, 6) is -0.371. The Morgan fingerprint density at radius 1 is 1.19 bits per heavy atom. The van der Waals surface area contributed by atoms with E-state index in [-0.39, 0.29) is 11.9 Å². The zero-order chi connectivity index (χ0) is 18.4. The molecule has 26 heavy (non-hydrogen) atoms. The van der Waals surface area contributed by atoms with Crippen LogP contribution in [0.1, 0.15) is 17.5 Å². The summed E-state index contributed by atoms with van der Waals surface area (Å²) in [4.78, 5) is 21.0. The Hall–Kier alpha value is -2.25. The maximum Gasteiger partial charge on any atom is 0.451 e. The molecule has 0 spiro atoms. The number of amides is 1. The van der Waals surface area contributed by atoms with E-state index in [0.717, 1.165) is 11.1 Å². The highest BCUT2D eigenvalue weighted by atomic mass is 31.1. The van der Waals surface area contributed by atoms with Crippen LogP contribution in [0, 0.1) is 0 Å². The summed E-state index contributed by atoms with van der Waals surface area (Å²) in [6.45, 7) is 1.33. The molecule has 2 aromatic rings. The van der Waals surface area contributed by atoms with Crippen LogP contribution in [0.3, 0.4) is 0 Å². The van der Waals surface area contributed by atoms with Crippen molar-refractivity contribution in [3.8, 4) is 0 Å². The van der Waals surface area contributed by atoms with Gasteiger partial charge in [-0.05, 0) is 34.2 Å². The van der Waals surface area contributed by atoms with Gasteiger partial charge < -0.3 is 11.1 Å². The minimum atomic E-state index is -1.35. The largest absolute Gasteiger partial charge is 0.451 e. The SMILES string of the molecule is N[C@@]1(NCc2cccnc2)C(=O)N([PH+]=O)CCC1NCc1cccnc1. The molecular formula is C17H22N6O2P+. The molecule has 2 aromatic heterocycles. The highest BCUT2D eigenvalue weighted by molar-refractivity contribution is 7.21. The van der Waals surface area contributed by atoms with Crippen LogP contribution in [-0.2, 0) is 22.4 Å². The van der Waals surface area contributed by atoms with Gasteiger partial charge in [0, 0.05) is 43.9 Å². The number of nitrogens with one attached hydrogen (secondary N) is 2. The Balaban J connectivity index is 1.74. The zero-order valence-corrected chi connectivity index (χ0v) is 15.3. The molecule has 4 N–H and O–H groups in total. The van der Waals surface area contributed by atoms with Gasteiger partial charge in [-0.25, -0.2) is 0 Å². The third-order valence-corrected chi connectivity index (χ3v) is 5.13. The lowest BCUT2D eigenvalue weighted by atomic mass is 9.92.